The zero-order valence-corrected chi connectivity index (χ0v) is 14.4. The summed E-state index contributed by atoms with van der Waals surface area (Å²) in [5, 5.41) is 12.1. The largest absolute Gasteiger partial charge is 0.481 e. The highest BCUT2D eigenvalue weighted by Crippen LogP contribution is 2.27. The van der Waals surface area contributed by atoms with Crippen molar-refractivity contribution < 1.29 is 19.5 Å². The summed E-state index contributed by atoms with van der Waals surface area (Å²) in [6.07, 6.45) is 1.02. The highest BCUT2D eigenvalue weighted by atomic mass is 16.4. The number of fused-ring (bicyclic) bond motifs is 1. The molecule has 2 aromatic rings. The van der Waals surface area contributed by atoms with E-state index in [1.807, 2.05) is 6.07 Å². The molecule has 0 saturated carbocycles. The predicted molar refractivity (Wildman–Crippen MR) is 97.3 cm³/mol. The van der Waals surface area contributed by atoms with E-state index >= 15 is 0 Å². The highest BCUT2D eigenvalue weighted by molar-refractivity contribution is 5.99. The lowest BCUT2D eigenvalue weighted by molar-refractivity contribution is -0.138. The van der Waals surface area contributed by atoms with E-state index in [2.05, 4.69) is 5.32 Å². The van der Waals surface area contributed by atoms with Gasteiger partial charge in [-0.2, -0.15) is 0 Å². The molecule has 1 unspecified atom stereocenters. The fourth-order valence-electron chi connectivity index (χ4n) is 3.13. The fraction of sp³-hybridized carbons (Fsp3) is 0.250. The Bertz CT molecular complexity index is 848. The SMILES string of the molecule is CN1C(=O)CCc2cc(C(=O)NCC(C(=O)O)c3ccccc3)ccc21. The predicted octanol–water partition coefficient (Wildman–Crippen LogP) is 2.19. The number of hydrogen-bond acceptors (Lipinski definition) is 3. The molecule has 2 N–H and O–H groups in total. The summed E-state index contributed by atoms with van der Waals surface area (Å²) < 4.78 is 0. The monoisotopic (exact) mass is 352 g/mol. The van der Waals surface area contributed by atoms with Crippen LogP contribution >= 0.6 is 0 Å². The highest BCUT2D eigenvalue weighted by Gasteiger charge is 2.23. The lowest BCUT2D eigenvalue weighted by Crippen LogP contribution is -2.33. The van der Waals surface area contributed by atoms with E-state index in [1.165, 1.54) is 0 Å². The standard InChI is InChI=1S/C20H20N2O4/c1-22-17-9-7-15(11-14(17)8-10-18(22)23)19(24)21-12-16(20(25)26)13-5-3-2-4-6-13/h2-7,9,11,16H,8,10,12H2,1H3,(H,21,24)(H,25,26). The molecule has 6 nitrogen and oxygen atoms in total. The first-order valence-corrected chi connectivity index (χ1v) is 8.43. The number of carbonyl (C=O) groups excluding carboxylic acids is 2. The molecular weight excluding hydrogens is 332 g/mol. The van der Waals surface area contributed by atoms with E-state index < -0.39 is 11.9 Å². The van der Waals surface area contributed by atoms with Crippen molar-refractivity contribution in [2.45, 2.75) is 18.8 Å². The normalized spacial score (nSPS) is 14.5. The van der Waals surface area contributed by atoms with Gasteiger partial charge in [-0.1, -0.05) is 30.3 Å². The number of rotatable bonds is 5. The first kappa shape index (κ1) is 17.7. The minimum Gasteiger partial charge on any atom is -0.481 e. The summed E-state index contributed by atoms with van der Waals surface area (Å²) in [4.78, 5) is 37.3. The Kier molecular flexibility index (Phi) is 5.02. The van der Waals surface area contributed by atoms with Gasteiger partial charge in [-0.15, -0.1) is 0 Å². The Morgan fingerprint density at radius 2 is 1.88 bits per heavy atom. The second-order valence-corrected chi connectivity index (χ2v) is 6.31. The van der Waals surface area contributed by atoms with Crippen LogP contribution in [0.2, 0.25) is 0 Å². The number of carbonyl (C=O) groups is 3. The quantitative estimate of drug-likeness (QED) is 0.864. The maximum absolute atomic E-state index is 12.5. The van der Waals surface area contributed by atoms with Crippen molar-refractivity contribution in [1.82, 2.24) is 5.32 Å². The van der Waals surface area contributed by atoms with Gasteiger partial charge in [0.1, 0.15) is 0 Å². The fourth-order valence-corrected chi connectivity index (χ4v) is 3.13. The van der Waals surface area contributed by atoms with Gasteiger partial charge >= 0.3 is 5.97 Å². The summed E-state index contributed by atoms with van der Waals surface area (Å²) in [5.41, 5.74) is 2.86. The van der Waals surface area contributed by atoms with Gasteiger partial charge < -0.3 is 15.3 Å². The number of aryl methyl sites for hydroxylation is 1. The number of nitrogens with zero attached hydrogens (tertiary/aromatic N) is 1. The van der Waals surface area contributed by atoms with Gasteiger partial charge in [0, 0.05) is 31.3 Å². The zero-order chi connectivity index (χ0) is 18.7. The third kappa shape index (κ3) is 3.59. The zero-order valence-electron chi connectivity index (χ0n) is 14.4. The average molecular weight is 352 g/mol. The van der Waals surface area contributed by atoms with Crippen LogP contribution in [0.5, 0.6) is 0 Å². The average Bonchev–Trinajstić information content (AvgIpc) is 2.65. The Balaban J connectivity index is 1.72. The Morgan fingerprint density at radius 3 is 2.58 bits per heavy atom. The molecule has 1 aliphatic rings. The van der Waals surface area contributed by atoms with Crippen molar-refractivity contribution in [2.75, 3.05) is 18.5 Å². The van der Waals surface area contributed by atoms with Crippen molar-refractivity contribution in [2.24, 2.45) is 0 Å². The first-order chi connectivity index (χ1) is 12.5. The van der Waals surface area contributed by atoms with E-state index in [-0.39, 0.29) is 18.4 Å². The molecule has 0 saturated heterocycles. The van der Waals surface area contributed by atoms with Gasteiger partial charge in [0.2, 0.25) is 5.91 Å². The molecule has 3 rings (SSSR count). The van der Waals surface area contributed by atoms with Gasteiger partial charge in [-0.05, 0) is 35.7 Å². The van der Waals surface area contributed by atoms with E-state index in [1.54, 1.807) is 54.4 Å². The molecular formula is C20H20N2O4. The van der Waals surface area contributed by atoms with Crippen LogP contribution in [-0.2, 0) is 16.0 Å². The third-order valence-corrected chi connectivity index (χ3v) is 4.65. The molecule has 134 valence electrons. The summed E-state index contributed by atoms with van der Waals surface area (Å²) in [5.74, 6) is -2.06. The molecule has 0 fully saturated rings. The summed E-state index contributed by atoms with van der Waals surface area (Å²) in [6.45, 7) is 0.00759. The third-order valence-electron chi connectivity index (χ3n) is 4.65. The first-order valence-electron chi connectivity index (χ1n) is 8.43. The van der Waals surface area contributed by atoms with Crippen molar-refractivity contribution in [3.8, 4) is 0 Å². The van der Waals surface area contributed by atoms with Crippen LogP contribution in [0.4, 0.5) is 5.69 Å². The van der Waals surface area contributed by atoms with Crippen molar-refractivity contribution in [3.63, 3.8) is 0 Å². The summed E-state index contributed by atoms with van der Waals surface area (Å²) >= 11 is 0. The lowest BCUT2D eigenvalue weighted by atomic mass is 9.98. The van der Waals surface area contributed by atoms with Gasteiger partial charge in [0.25, 0.3) is 5.91 Å². The molecule has 26 heavy (non-hydrogen) atoms. The summed E-state index contributed by atoms with van der Waals surface area (Å²) in [7, 11) is 1.72. The maximum Gasteiger partial charge on any atom is 0.312 e. The van der Waals surface area contributed by atoms with E-state index in [0.29, 0.717) is 24.0 Å². The van der Waals surface area contributed by atoms with Crippen LogP contribution in [0.1, 0.15) is 33.8 Å². The molecule has 0 bridgehead atoms. The number of amides is 2. The molecule has 0 spiro atoms. The van der Waals surface area contributed by atoms with Crippen LogP contribution in [0.15, 0.2) is 48.5 Å². The van der Waals surface area contributed by atoms with Crippen LogP contribution in [-0.4, -0.2) is 36.5 Å². The molecule has 2 aromatic carbocycles. The van der Waals surface area contributed by atoms with E-state index in [9.17, 15) is 19.5 Å². The minimum atomic E-state index is -0.984. The van der Waals surface area contributed by atoms with Crippen LogP contribution in [0.3, 0.4) is 0 Å². The molecule has 1 aliphatic heterocycles. The molecule has 0 radical (unpaired) electrons. The molecule has 1 atom stereocenters. The topological polar surface area (TPSA) is 86.7 Å². The second kappa shape index (κ2) is 7.39. The number of aliphatic carboxylic acids is 1. The molecule has 0 aromatic heterocycles. The molecule has 6 heteroatoms. The number of hydrogen-bond donors (Lipinski definition) is 2. The number of carboxylic acids is 1. The summed E-state index contributed by atoms with van der Waals surface area (Å²) in [6, 6.07) is 14.0. The van der Waals surface area contributed by atoms with Gasteiger partial charge in [0.05, 0.1) is 5.92 Å². The van der Waals surface area contributed by atoms with Gasteiger partial charge in [-0.25, -0.2) is 0 Å². The van der Waals surface area contributed by atoms with Crippen LogP contribution in [0.25, 0.3) is 0 Å². The number of anilines is 1. The van der Waals surface area contributed by atoms with E-state index in [4.69, 9.17) is 0 Å². The van der Waals surface area contributed by atoms with Crippen LogP contribution < -0.4 is 10.2 Å². The Labute approximate surface area is 151 Å². The molecule has 1 heterocycles. The minimum absolute atomic E-state index is 0.00759. The Hall–Kier alpha value is -3.15. The number of benzene rings is 2. The van der Waals surface area contributed by atoms with Crippen molar-refractivity contribution in [1.29, 1.82) is 0 Å². The number of carboxylic acid groups (broad SMARTS) is 1. The maximum atomic E-state index is 12.5. The van der Waals surface area contributed by atoms with E-state index in [0.717, 1.165) is 11.3 Å². The second-order valence-electron chi connectivity index (χ2n) is 6.31. The smallest absolute Gasteiger partial charge is 0.312 e. The molecule has 0 aliphatic carbocycles. The number of nitrogens with one attached hydrogen (secondary N) is 1. The van der Waals surface area contributed by atoms with Crippen molar-refractivity contribution >= 4 is 23.5 Å². The van der Waals surface area contributed by atoms with Gasteiger partial charge in [-0.3, -0.25) is 14.4 Å². The van der Waals surface area contributed by atoms with Gasteiger partial charge in [0.15, 0.2) is 0 Å². The Morgan fingerprint density at radius 1 is 1.15 bits per heavy atom. The molecule has 2 amide bonds. The van der Waals surface area contributed by atoms with Crippen molar-refractivity contribution in [3.05, 3.63) is 65.2 Å². The lowest BCUT2D eigenvalue weighted by Gasteiger charge is -2.26. The van der Waals surface area contributed by atoms with Crippen LogP contribution in [0, 0.1) is 0 Å².